The predicted molar refractivity (Wildman–Crippen MR) is 69.3 cm³/mol. The normalized spacial score (nSPS) is 11.8. The minimum atomic E-state index is -1.20. The molecule has 0 aliphatic carbocycles. The van der Waals surface area contributed by atoms with E-state index in [-0.39, 0.29) is 12.8 Å². The zero-order valence-corrected chi connectivity index (χ0v) is 11.6. The Balaban J connectivity index is 2.63. The number of carbonyl (C=O) groups is 3. The van der Waals surface area contributed by atoms with Crippen molar-refractivity contribution in [2.24, 2.45) is 5.73 Å². The summed E-state index contributed by atoms with van der Waals surface area (Å²) in [6, 6.07) is 0.469. The second-order valence-corrected chi connectivity index (χ2v) is 5.80. The van der Waals surface area contributed by atoms with E-state index in [4.69, 9.17) is 10.8 Å². The number of carboxylic acid groups (broad SMARTS) is 1. The van der Waals surface area contributed by atoms with Gasteiger partial charge in [0.25, 0.3) is 5.91 Å². The molecule has 0 saturated carbocycles. The fourth-order valence-corrected chi connectivity index (χ4v) is 2.35. The lowest BCUT2D eigenvalue weighted by atomic mass is 10.1. The topological polar surface area (TPSA) is 109 Å². The van der Waals surface area contributed by atoms with E-state index < -0.39 is 23.8 Å². The van der Waals surface area contributed by atoms with Crippen LogP contribution in [-0.4, -0.2) is 28.9 Å². The molecular formula is C10H11BrN2O4S. The third-order valence-corrected chi connectivity index (χ3v) is 3.62. The number of thiophene rings is 1. The Bertz CT molecular complexity index is 474. The van der Waals surface area contributed by atoms with Crippen molar-refractivity contribution in [1.29, 1.82) is 0 Å². The Hall–Kier alpha value is -1.41. The highest BCUT2D eigenvalue weighted by Crippen LogP contribution is 2.20. The molecule has 1 heterocycles. The van der Waals surface area contributed by atoms with Gasteiger partial charge in [0.2, 0.25) is 5.91 Å². The summed E-state index contributed by atoms with van der Waals surface area (Å²) in [7, 11) is 0. The number of nitrogens with two attached hydrogens (primary N) is 1. The summed E-state index contributed by atoms with van der Waals surface area (Å²) in [4.78, 5) is 33.2. The van der Waals surface area contributed by atoms with E-state index in [2.05, 4.69) is 21.2 Å². The largest absolute Gasteiger partial charge is 0.480 e. The molecule has 0 radical (unpaired) electrons. The molecule has 18 heavy (non-hydrogen) atoms. The third kappa shape index (κ3) is 4.46. The molecule has 0 aliphatic rings. The van der Waals surface area contributed by atoms with Gasteiger partial charge in [-0.3, -0.25) is 9.59 Å². The first-order valence-electron chi connectivity index (χ1n) is 4.96. The van der Waals surface area contributed by atoms with Gasteiger partial charge in [-0.15, -0.1) is 11.3 Å². The number of aliphatic carboxylic acids is 1. The van der Waals surface area contributed by atoms with Gasteiger partial charge >= 0.3 is 5.97 Å². The summed E-state index contributed by atoms with van der Waals surface area (Å²) < 4.78 is 0.775. The fourth-order valence-electron chi connectivity index (χ4n) is 1.21. The number of rotatable bonds is 6. The zero-order valence-electron chi connectivity index (χ0n) is 9.18. The Morgan fingerprint density at radius 2 is 2.17 bits per heavy atom. The Morgan fingerprint density at radius 3 is 2.61 bits per heavy atom. The molecule has 8 heteroatoms. The second kappa shape index (κ2) is 6.50. The Kier molecular flexibility index (Phi) is 5.29. The molecule has 1 aromatic rings. The number of carboxylic acids is 1. The van der Waals surface area contributed by atoms with Gasteiger partial charge in [-0.05, 0) is 28.4 Å². The van der Waals surface area contributed by atoms with Crippen molar-refractivity contribution >= 4 is 45.1 Å². The van der Waals surface area contributed by atoms with Gasteiger partial charge in [-0.25, -0.2) is 4.79 Å². The number of nitrogens with one attached hydrogen (secondary N) is 1. The summed E-state index contributed by atoms with van der Waals surface area (Å²) in [5.41, 5.74) is 5.31. The molecular weight excluding hydrogens is 324 g/mol. The first-order valence-corrected chi connectivity index (χ1v) is 6.63. The van der Waals surface area contributed by atoms with E-state index in [1.807, 2.05) is 0 Å². The third-order valence-electron chi connectivity index (χ3n) is 2.11. The second-order valence-electron chi connectivity index (χ2n) is 3.51. The van der Waals surface area contributed by atoms with Crippen LogP contribution in [0.3, 0.4) is 0 Å². The van der Waals surface area contributed by atoms with Crippen molar-refractivity contribution < 1.29 is 19.5 Å². The van der Waals surface area contributed by atoms with Crippen molar-refractivity contribution in [3.05, 3.63) is 20.8 Å². The predicted octanol–water partition coefficient (Wildman–Crippen LogP) is 0.959. The van der Waals surface area contributed by atoms with E-state index in [1.54, 1.807) is 11.4 Å². The van der Waals surface area contributed by atoms with Gasteiger partial charge in [0.1, 0.15) is 6.04 Å². The van der Waals surface area contributed by atoms with Crippen LogP contribution < -0.4 is 11.1 Å². The molecule has 2 amide bonds. The van der Waals surface area contributed by atoms with Crippen molar-refractivity contribution in [2.75, 3.05) is 0 Å². The van der Waals surface area contributed by atoms with Crippen LogP contribution in [0.15, 0.2) is 15.2 Å². The summed E-state index contributed by atoms with van der Waals surface area (Å²) in [5, 5.41) is 12.9. The van der Waals surface area contributed by atoms with Crippen molar-refractivity contribution in [1.82, 2.24) is 5.32 Å². The van der Waals surface area contributed by atoms with Crippen LogP contribution in [-0.2, 0) is 9.59 Å². The standard InChI is InChI=1S/C10H11BrN2O4S/c11-7-3-5(4-18-7)9(15)13-6(10(16)17)1-2-8(12)14/h3-4,6H,1-2H2,(H2,12,14)(H,13,15)(H,16,17)/t6-/m1/s1. The molecule has 0 fully saturated rings. The van der Waals surface area contributed by atoms with E-state index in [9.17, 15) is 14.4 Å². The molecule has 0 aliphatic heterocycles. The van der Waals surface area contributed by atoms with Crippen LogP contribution in [0.1, 0.15) is 23.2 Å². The van der Waals surface area contributed by atoms with Crippen LogP contribution in [0.5, 0.6) is 0 Å². The molecule has 1 atom stereocenters. The highest BCUT2D eigenvalue weighted by Gasteiger charge is 2.21. The molecule has 4 N–H and O–H groups in total. The Morgan fingerprint density at radius 1 is 1.50 bits per heavy atom. The molecule has 0 unspecified atom stereocenters. The van der Waals surface area contributed by atoms with E-state index in [1.165, 1.54) is 11.3 Å². The van der Waals surface area contributed by atoms with Crippen LogP contribution in [0, 0.1) is 0 Å². The fraction of sp³-hybridized carbons (Fsp3) is 0.300. The summed E-state index contributed by atoms with van der Waals surface area (Å²) in [5.74, 6) is -2.29. The lowest BCUT2D eigenvalue weighted by molar-refractivity contribution is -0.139. The van der Waals surface area contributed by atoms with E-state index in [0.29, 0.717) is 5.56 Å². The molecule has 0 bridgehead atoms. The highest BCUT2D eigenvalue weighted by molar-refractivity contribution is 9.11. The van der Waals surface area contributed by atoms with Gasteiger partial charge in [0.05, 0.1) is 9.35 Å². The molecule has 0 saturated heterocycles. The maximum Gasteiger partial charge on any atom is 0.326 e. The SMILES string of the molecule is NC(=O)CC[C@@H](NC(=O)c1csc(Br)c1)C(=O)O. The van der Waals surface area contributed by atoms with Gasteiger partial charge in [-0.1, -0.05) is 0 Å². The van der Waals surface area contributed by atoms with Crippen LogP contribution in [0.25, 0.3) is 0 Å². The molecule has 0 aromatic carbocycles. The van der Waals surface area contributed by atoms with E-state index in [0.717, 1.165) is 3.79 Å². The lowest BCUT2D eigenvalue weighted by Crippen LogP contribution is -2.41. The molecule has 1 aromatic heterocycles. The first-order chi connectivity index (χ1) is 8.40. The van der Waals surface area contributed by atoms with Crippen molar-refractivity contribution in [2.45, 2.75) is 18.9 Å². The first kappa shape index (κ1) is 14.7. The number of primary amides is 1. The van der Waals surface area contributed by atoms with E-state index >= 15 is 0 Å². The van der Waals surface area contributed by atoms with Gasteiger partial charge in [0, 0.05) is 11.8 Å². The number of halogens is 1. The summed E-state index contributed by atoms with van der Waals surface area (Å²) in [6.45, 7) is 0. The number of hydrogen-bond acceptors (Lipinski definition) is 4. The minimum absolute atomic E-state index is 0.0261. The molecule has 1 rings (SSSR count). The average molecular weight is 335 g/mol. The number of hydrogen-bond donors (Lipinski definition) is 3. The molecule has 0 spiro atoms. The highest BCUT2D eigenvalue weighted by atomic mass is 79.9. The summed E-state index contributed by atoms with van der Waals surface area (Å²) >= 11 is 4.53. The van der Waals surface area contributed by atoms with Crippen molar-refractivity contribution in [3.63, 3.8) is 0 Å². The zero-order chi connectivity index (χ0) is 13.7. The van der Waals surface area contributed by atoms with Crippen LogP contribution in [0.4, 0.5) is 0 Å². The van der Waals surface area contributed by atoms with Gasteiger partial charge in [-0.2, -0.15) is 0 Å². The molecule has 98 valence electrons. The van der Waals surface area contributed by atoms with Gasteiger partial charge in [0.15, 0.2) is 0 Å². The average Bonchev–Trinajstić information content (AvgIpc) is 2.70. The molecule has 6 nitrogen and oxygen atoms in total. The smallest absolute Gasteiger partial charge is 0.326 e. The van der Waals surface area contributed by atoms with Crippen LogP contribution >= 0.6 is 27.3 Å². The van der Waals surface area contributed by atoms with Crippen molar-refractivity contribution in [3.8, 4) is 0 Å². The minimum Gasteiger partial charge on any atom is -0.480 e. The van der Waals surface area contributed by atoms with Crippen LogP contribution in [0.2, 0.25) is 0 Å². The number of carbonyl (C=O) groups excluding carboxylic acids is 2. The maximum absolute atomic E-state index is 11.7. The summed E-state index contributed by atoms with van der Waals surface area (Å²) in [6.07, 6.45) is -0.119. The quantitative estimate of drug-likeness (QED) is 0.719. The van der Waals surface area contributed by atoms with Gasteiger partial charge < -0.3 is 16.2 Å². The number of amides is 2. The lowest BCUT2D eigenvalue weighted by Gasteiger charge is -2.12. The Labute approximate surface area is 115 Å². The monoisotopic (exact) mass is 334 g/mol. The maximum atomic E-state index is 11.7.